The van der Waals surface area contributed by atoms with E-state index in [9.17, 15) is 4.79 Å². The number of ketones is 1. The van der Waals surface area contributed by atoms with Crippen molar-refractivity contribution in [3.63, 3.8) is 0 Å². The summed E-state index contributed by atoms with van der Waals surface area (Å²) < 4.78 is 16.6. The third kappa shape index (κ3) is 3.39. The molecule has 2 aromatic carbocycles. The molecule has 1 aromatic heterocycles. The van der Waals surface area contributed by atoms with Gasteiger partial charge in [0.1, 0.15) is 16.9 Å². The van der Waals surface area contributed by atoms with Gasteiger partial charge in [0.25, 0.3) is 0 Å². The van der Waals surface area contributed by atoms with Gasteiger partial charge in [0.2, 0.25) is 6.79 Å². The highest BCUT2D eigenvalue weighted by atomic mass is 35.5. The predicted molar refractivity (Wildman–Crippen MR) is 115 cm³/mol. The van der Waals surface area contributed by atoms with Gasteiger partial charge in [0.15, 0.2) is 11.5 Å². The number of rotatable bonds is 7. The predicted octanol–water partition coefficient (Wildman–Crippen LogP) is 5.10. The lowest BCUT2D eigenvalue weighted by atomic mass is 9.89. The Kier molecular flexibility index (Phi) is 5.01. The maximum atomic E-state index is 13.2. The smallest absolute Gasteiger partial charge is 0.231 e. The summed E-state index contributed by atoms with van der Waals surface area (Å²) in [4.78, 5) is 18.6. The third-order valence-corrected chi connectivity index (χ3v) is 7.16. The third-order valence-electron chi connectivity index (χ3n) is 5.77. The van der Waals surface area contributed by atoms with Crippen LogP contribution in [0.5, 0.6) is 11.5 Å². The van der Waals surface area contributed by atoms with E-state index < -0.39 is 5.41 Å². The number of benzene rings is 2. The molecule has 1 aliphatic heterocycles. The first kappa shape index (κ1) is 19.5. The van der Waals surface area contributed by atoms with Crippen LogP contribution in [0.15, 0.2) is 48.7 Å². The van der Waals surface area contributed by atoms with Gasteiger partial charge in [-0.25, -0.2) is 4.98 Å². The number of nitrogens with zero attached hydrogens (tertiary/aromatic N) is 1. The quantitative estimate of drug-likeness (QED) is 0.510. The van der Waals surface area contributed by atoms with E-state index in [4.69, 9.17) is 25.8 Å². The van der Waals surface area contributed by atoms with Crippen LogP contribution >= 0.6 is 22.9 Å². The summed E-state index contributed by atoms with van der Waals surface area (Å²) in [5.74, 6) is 1.64. The van der Waals surface area contributed by atoms with Crippen LogP contribution < -0.4 is 9.47 Å². The number of fused-ring (bicyclic) bond motifs is 1. The summed E-state index contributed by atoms with van der Waals surface area (Å²) in [7, 11) is 1.65. The monoisotopic (exact) mass is 441 g/mol. The number of methoxy groups -OCH3 is 1. The molecular weight excluding hydrogens is 422 g/mol. The van der Waals surface area contributed by atoms with Crippen LogP contribution in [-0.2, 0) is 21.4 Å². The van der Waals surface area contributed by atoms with E-state index in [2.05, 4.69) is 4.98 Å². The molecule has 0 saturated heterocycles. The van der Waals surface area contributed by atoms with Gasteiger partial charge in [0.05, 0.1) is 16.7 Å². The number of carbonyl (C=O) groups excluding carboxylic acids is 1. The second-order valence-electron chi connectivity index (χ2n) is 7.54. The Morgan fingerprint density at radius 2 is 2.03 bits per heavy atom. The summed E-state index contributed by atoms with van der Waals surface area (Å²) in [6.07, 6.45) is 3.49. The van der Waals surface area contributed by atoms with Crippen molar-refractivity contribution in [2.24, 2.45) is 0 Å². The molecule has 1 atom stereocenters. The molecule has 0 amide bonds. The van der Waals surface area contributed by atoms with Crippen LogP contribution in [0.25, 0.3) is 0 Å². The van der Waals surface area contributed by atoms with E-state index in [1.54, 1.807) is 13.3 Å². The van der Waals surface area contributed by atoms with E-state index in [1.807, 2.05) is 42.5 Å². The van der Waals surface area contributed by atoms with Gasteiger partial charge < -0.3 is 14.2 Å². The maximum absolute atomic E-state index is 13.2. The van der Waals surface area contributed by atoms with Crippen LogP contribution in [0.4, 0.5) is 0 Å². The van der Waals surface area contributed by atoms with Crippen molar-refractivity contribution < 1.29 is 19.0 Å². The summed E-state index contributed by atoms with van der Waals surface area (Å²) in [6, 6.07) is 13.4. The minimum Gasteiger partial charge on any atom is -0.454 e. The number of carbonyl (C=O) groups is 1. The molecule has 5 nitrogen and oxygen atoms in total. The van der Waals surface area contributed by atoms with Crippen LogP contribution in [0, 0.1) is 0 Å². The second-order valence-corrected chi connectivity index (χ2v) is 9.10. The number of thiazole rings is 1. The van der Waals surface area contributed by atoms with E-state index in [0.717, 1.165) is 39.6 Å². The standard InChI is InChI=1S/C23H20ClNO4S/c1-27-22(15-4-2-3-5-16(15)24)19-12-25-21(30-19)11-20(26)23(8-9-23)14-6-7-17-18(10-14)29-13-28-17/h2-7,10,12,22H,8-9,11,13H2,1H3. The van der Waals surface area contributed by atoms with Crippen molar-refractivity contribution in [1.82, 2.24) is 4.98 Å². The molecule has 1 fully saturated rings. The number of Topliss-reactive ketones (excluding diaryl/α,β-unsaturated/α-hetero) is 1. The second kappa shape index (κ2) is 7.69. The van der Waals surface area contributed by atoms with Gasteiger partial charge >= 0.3 is 0 Å². The summed E-state index contributed by atoms with van der Waals surface area (Å²) in [5, 5.41) is 1.44. The molecule has 0 spiro atoms. The zero-order valence-corrected chi connectivity index (χ0v) is 18.0. The molecule has 3 aromatic rings. The first-order valence-corrected chi connectivity index (χ1v) is 11.0. The molecule has 2 heterocycles. The first-order valence-electron chi connectivity index (χ1n) is 9.76. The summed E-state index contributed by atoms with van der Waals surface area (Å²) >= 11 is 7.84. The number of halogens is 1. The molecule has 0 radical (unpaired) electrons. The highest BCUT2D eigenvalue weighted by Crippen LogP contribution is 2.51. The zero-order chi connectivity index (χ0) is 20.7. The van der Waals surface area contributed by atoms with Gasteiger partial charge in [-0.05, 0) is 36.6 Å². The number of hydrogen-bond donors (Lipinski definition) is 0. The van der Waals surface area contributed by atoms with Gasteiger partial charge in [-0.15, -0.1) is 11.3 Å². The molecule has 2 aliphatic rings. The molecule has 5 rings (SSSR count). The average molecular weight is 442 g/mol. The molecule has 0 N–H and O–H groups in total. The fraction of sp³-hybridized carbons (Fsp3) is 0.304. The lowest BCUT2D eigenvalue weighted by Gasteiger charge is -2.15. The van der Waals surface area contributed by atoms with Gasteiger partial charge in [0, 0.05) is 23.9 Å². The largest absolute Gasteiger partial charge is 0.454 e. The van der Waals surface area contributed by atoms with Gasteiger partial charge in [-0.1, -0.05) is 35.9 Å². The Bertz CT molecular complexity index is 1110. The van der Waals surface area contributed by atoms with Gasteiger partial charge in [-0.2, -0.15) is 0 Å². The van der Waals surface area contributed by atoms with Crippen molar-refractivity contribution in [2.45, 2.75) is 30.8 Å². The van der Waals surface area contributed by atoms with Crippen LogP contribution in [0.2, 0.25) is 5.02 Å². The lowest BCUT2D eigenvalue weighted by Crippen LogP contribution is -2.22. The lowest BCUT2D eigenvalue weighted by molar-refractivity contribution is -0.120. The van der Waals surface area contributed by atoms with Crippen molar-refractivity contribution in [3.8, 4) is 11.5 Å². The van der Waals surface area contributed by atoms with E-state index in [1.165, 1.54) is 11.3 Å². The molecule has 7 heteroatoms. The molecule has 1 unspecified atom stereocenters. The minimum absolute atomic E-state index is 0.189. The van der Waals surface area contributed by atoms with Crippen LogP contribution in [0.1, 0.15) is 40.0 Å². The zero-order valence-electron chi connectivity index (χ0n) is 16.4. The van der Waals surface area contributed by atoms with Crippen LogP contribution in [-0.4, -0.2) is 24.7 Å². The molecule has 1 saturated carbocycles. The number of ether oxygens (including phenoxy) is 3. The van der Waals surface area contributed by atoms with Crippen molar-refractivity contribution in [3.05, 3.63) is 74.7 Å². The Balaban J connectivity index is 1.35. The molecule has 154 valence electrons. The normalized spacial score (nSPS) is 17.0. The Hall–Kier alpha value is -2.41. The number of aromatic nitrogens is 1. The fourth-order valence-corrected chi connectivity index (χ4v) is 5.22. The Morgan fingerprint density at radius 3 is 2.80 bits per heavy atom. The Labute approximate surface area is 183 Å². The first-order chi connectivity index (χ1) is 14.6. The highest BCUT2D eigenvalue weighted by Gasteiger charge is 2.51. The fourth-order valence-electron chi connectivity index (χ4n) is 3.97. The molecule has 1 aliphatic carbocycles. The SMILES string of the molecule is COC(c1cnc(CC(=O)C2(c3ccc4c(c3)OCO4)CC2)s1)c1ccccc1Cl. The minimum atomic E-state index is -0.434. The average Bonchev–Trinajstić information content (AvgIpc) is 3.22. The molecule has 0 bridgehead atoms. The van der Waals surface area contributed by atoms with E-state index in [-0.39, 0.29) is 18.7 Å². The van der Waals surface area contributed by atoms with Crippen LogP contribution in [0.3, 0.4) is 0 Å². The molecular formula is C23H20ClNO4S. The van der Waals surface area contributed by atoms with Gasteiger partial charge in [-0.3, -0.25) is 4.79 Å². The van der Waals surface area contributed by atoms with E-state index in [0.29, 0.717) is 17.2 Å². The maximum Gasteiger partial charge on any atom is 0.231 e. The van der Waals surface area contributed by atoms with Crippen molar-refractivity contribution >= 4 is 28.7 Å². The van der Waals surface area contributed by atoms with E-state index >= 15 is 0 Å². The molecule has 30 heavy (non-hydrogen) atoms. The van der Waals surface area contributed by atoms with Crippen molar-refractivity contribution in [1.29, 1.82) is 0 Å². The van der Waals surface area contributed by atoms with Crippen molar-refractivity contribution in [2.75, 3.05) is 13.9 Å². The summed E-state index contributed by atoms with van der Waals surface area (Å²) in [5.41, 5.74) is 1.46. The highest BCUT2D eigenvalue weighted by molar-refractivity contribution is 7.11. The topological polar surface area (TPSA) is 57.7 Å². The number of hydrogen-bond acceptors (Lipinski definition) is 6. The summed E-state index contributed by atoms with van der Waals surface area (Å²) in [6.45, 7) is 0.230. The Morgan fingerprint density at radius 1 is 1.23 bits per heavy atom.